The zero-order valence-corrected chi connectivity index (χ0v) is 11.3. The quantitative estimate of drug-likeness (QED) is 0.797. The summed E-state index contributed by atoms with van der Waals surface area (Å²) in [6, 6.07) is 3.64. The number of carbonyl (C=O) groups is 1. The zero-order chi connectivity index (χ0) is 13.0. The summed E-state index contributed by atoms with van der Waals surface area (Å²) in [6.07, 6.45) is 0. The number of hydrogen-bond acceptors (Lipinski definition) is 3. The summed E-state index contributed by atoms with van der Waals surface area (Å²) in [4.78, 5) is 12.2. The van der Waals surface area contributed by atoms with Crippen LogP contribution < -0.4 is 10.1 Å². The lowest BCUT2D eigenvalue weighted by Gasteiger charge is -2.15. The van der Waals surface area contributed by atoms with Gasteiger partial charge in [0.2, 0.25) is 0 Å². The van der Waals surface area contributed by atoms with Crippen LogP contribution in [0.3, 0.4) is 0 Å². The van der Waals surface area contributed by atoms with E-state index in [2.05, 4.69) is 5.32 Å². The lowest BCUT2D eigenvalue weighted by atomic mass is 9.99. The minimum Gasteiger partial charge on any atom is -0.496 e. The smallest absolute Gasteiger partial charge is 0.183 e. The van der Waals surface area contributed by atoms with Gasteiger partial charge in [0.05, 0.1) is 18.7 Å². The molecule has 0 aliphatic heterocycles. The van der Waals surface area contributed by atoms with E-state index in [1.807, 2.05) is 39.8 Å². The second kappa shape index (κ2) is 5.82. The molecule has 0 aliphatic carbocycles. The summed E-state index contributed by atoms with van der Waals surface area (Å²) in [6.45, 7) is 8.66. The number of aryl methyl sites for hydroxylation is 2. The number of likely N-dealkylation sites (N-methyl/N-ethyl adjacent to an activating group) is 1. The van der Waals surface area contributed by atoms with Gasteiger partial charge in [0, 0.05) is 0 Å². The summed E-state index contributed by atoms with van der Waals surface area (Å²) in [5, 5.41) is 3.12. The number of benzene rings is 1. The molecule has 17 heavy (non-hydrogen) atoms. The number of ether oxygens (including phenoxy) is 1. The van der Waals surface area contributed by atoms with Crippen molar-refractivity contribution in [2.45, 2.75) is 33.7 Å². The molecule has 0 heterocycles. The van der Waals surface area contributed by atoms with Gasteiger partial charge in [-0.15, -0.1) is 0 Å². The molecule has 1 rings (SSSR count). The van der Waals surface area contributed by atoms with Gasteiger partial charge in [0.25, 0.3) is 0 Å². The Labute approximate surface area is 103 Å². The van der Waals surface area contributed by atoms with E-state index in [-0.39, 0.29) is 11.8 Å². The topological polar surface area (TPSA) is 38.3 Å². The first-order valence-corrected chi connectivity index (χ1v) is 5.94. The fraction of sp³-hybridized carbons (Fsp3) is 0.500. The highest BCUT2D eigenvalue weighted by atomic mass is 16.5. The van der Waals surface area contributed by atoms with Crippen LogP contribution in [0, 0.1) is 13.8 Å². The van der Waals surface area contributed by atoms with Gasteiger partial charge >= 0.3 is 0 Å². The van der Waals surface area contributed by atoms with E-state index in [1.54, 1.807) is 7.11 Å². The molecule has 0 aromatic heterocycles. The molecule has 0 aliphatic rings. The predicted molar refractivity (Wildman–Crippen MR) is 69.9 cm³/mol. The largest absolute Gasteiger partial charge is 0.496 e. The molecule has 1 aromatic rings. The van der Waals surface area contributed by atoms with Crippen molar-refractivity contribution in [2.24, 2.45) is 0 Å². The van der Waals surface area contributed by atoms with E-state index in [1.165, 1.54) is 0 Å². The van der Waals surface area contributed by atoms with Gasteiger partial charge in [-0.3, -0.25) is 4.79 Å². The third-order valence-corrected chi connectivity index (χ3v) is 2.98. The summed E-state index contributed by atoms with van der Waals surface area (Å²) >= 11 is 0. The molecular weight excluding hydrogens is 214 g/mol. The molecule has 3 nitrogen and oxygen atoms in total. The van der Waals surface area contributed by atoms with Crippen LogP contribution in [0.15, 0.2) is 12.1 Å². The number of ketones is 1. The van der Waals surface area contributed by atoms with Crippen LogP contribution in [0.1, 0.15) is 35.3 Å². The molecule has 3 heteroatoms. The standard InChI is InChI=1S/C14H21NO2/c1-6-15-11(4)14(16)12-7-9(2)10(3)8-13(12)17-5/h7-8,11,15H,6H2,1-5H3. The molecule has 1 unspecified atom stereocenters. The van der Waals surface area contributed by atoms with Crippen molar-refractivity contribution in [1.29, 1.82) is 0 Å². The lowest BCUT2D eigenvalue weighted by molar-refractivity contribution is 0.0949. The van der Waals surface area contributed by atoms with Crippen LogP contribution in [-0.4, -0.2) is 25.5 Å². The maximum Gasteiger partial charge on any atom is 0.183 e. The van der Waals surface area contributed by atoms with Gasteiger partial charge in [-0.2, -0.15) is 0 Å². The van der Waals surface area contributed by atoms with Crippen LogP contribution >= 0.6 is 0 Å². The molecule has 94 valence electrons. The molecule has 0 bridgehead atoms. The Morgan fingerprint density at radius 1 is 1.35 bits per heavy atom. The number of rotatable bonds is 5. The SMILES string of the molecule is CCNC(C)C(=O)c1cc(C)c(C)cc1OC. The Hall–Kier alpha value is -1.35. The van der Waals surface area contributed by atoms with Crippen molar-refractivity contribution in [2.75, 3.05) is 13.7 Å². The first-order valence-electron chi connectivity index (χ1n) is 5.94. The Morgan fingerprint density at radius 2 is 1.94 bits per heavy atom. The average molecular weight is 235 g/mol. The summed E-state index contributed by atoms with van der Waals surface area (Å²) < 4.78 is 5.28. The van der Waals surface area contributed by atoms with Crippen molar-refractivity contribution in [3.8, 4) is 5.75 Å². The van der Waals surface area contributed by atoms with Crippen LogP contribution in [0.25, 0.3) is 0 Å². The van der Waals surface area contributed by atoms with Gasteiger partial charge in [-0.25, -0.2) is 0 Å². The lowest BCUT2D eigenvalue weighted by Crippen LogP contribution is -2.34. The van der Waals surface area contributed by atoms with E-state index >= 15 is 0 Å². The summed E-state index contributed by atoms with van der Waals surface area (Å²) in [5.41, 5.74) is 2.90. The van der Waals surface area contributed by atoms with E-state index in [0.29, 0.717) is 11.3 Å². The van der Waals surface area contributed by atoms with E-state index in [9.17, 15) is 4.79 Å². The first kappa shape index (κ1) is 13.7. The third-order valence-electron chi connectivity index (χ3n) is 2.98. The molecule has 1 atom stereocenters. The fourth-order valence-electron chi connectivity index (χ4n) is 1.78. The van der Waals surface area contributed by atoms with Crippen LogP contribution in [0.2, 0.25) is 0 Å². The first-order chi connectivity index (χ1) is 8.01. The van der Waals surface area contributed by atoms with Gasteiger partial charge in [-0.1, -0.05) is 6.92 Å². The van der Waals surface area contributed by atoms with Crippen molar-refractivity contribution in [3.05, 3.63) is 28.8 Å². The molecule has 0 amide bonds. The number of hydrogen-bond donors (Lipinski definition) is 1. The second-order valence-electron chi connectivity index (χ2n) is 4.28. The predicted octanol–water partition coefficient (Wildman–Crippen LogP) is 2.49. The molecule has 0 saturated heterocycles. The van der Waals surface area contributed by atoms with E-state index in [4.69, 9.17) is 4.74 Å². The van der Waals surface area contributed by atoms with Gasteiger partial charge in [0.15, 0.2) is 5.78 Å². The third kappa shape index (κ3) is 3.07. The Morgan fingerprint density at radius 3 is 2.47 bits per heavy atom. The Bertz CT molecular complexity index is 413. The molecule has 1 N–H and O–H groups in total. The molecule has 0 fully saturated rings. The molecule has 1 aromatic carbocycles. The number of nitrogens with one attached hydrogen (secondary N) is 1. The number of Topliss-reactive ketones (excluding diaryl/α,β-unsaturated/α-hetero) is 1. The van der Waals surface area contributed by atoms with Crippen molar-refractivity contribution in [1.82, 2.24) is 5.32 Å². The van der Waals surface area contributed by atoms with Crippen molar-refractivity contribution >= 4 is 5.78 Å². The highest BCUT2D eigenvalue weighted by Gasteiger charge is 2.19. The van der Waals surface area contributed by atoms with Crippen LogP contribution in [-0.2, 0) is 0 Å². The molecule has 0 spiro atoms. The minimum absolute atomic E-state index is 0.0757. The maximum absolute atomic E-state index is 12.2. The van der Waals surface area contributed by atoms with E-state index in [0.717, 1.165) is 17.7 Å². The summed E-state index contributed by atoms with van der Waals surface area (Å²) in [5.74, 6) is 0.731. The monoisotopic (exact) mass is 235 g/mol. The Kier molecular flexibility index (Phi) is 4.70. The molecule has 0 saturated carbocycles. The van der Waals surface area contributed by atoms with Crippen LogP contribution in [0.4, 0.5) is 0 Å². The zero-order valence-electron chi connectivity index (χ0n) is 11.3. The highest BCUT2D eigenvalue weighted by Crippen LogP contribution is 2.24. The van der Waals surface area contributed by atoms with Crippen molar-refractivity contribution < 1.29 is 9.53 Å². The van der Waals surface area contributed by atoms with Crippen molar-refractivity contribution in [3.63, 3.8) is 0 Å². The maximum atomic E-state index is 12.2. The summed E-state index contributed by atoms with van der Waals surface area (Å²) in [7, 11) is 1.60. The molecule has 0 radical (unpaired) electrons. The van der Waals surface area contributed by atoms with E-state index < -0.39 is 0 Å². The highest BCUT2D eigenvalue weighted by molar-refractivity contribution is 6.02. The Balaban J connectivity index is 3.12. The molecular formula is C14H21NO2. The van der Waals surface area contributed by atoms with Gasteiger partial charge in [-0.05, 0) is 50.6 Å². The van der Waals surface area contributed by atoms with Crippen LogP contribution in [0.5, 0.6) is 5.75 Å². The van der Waals surface area contributed by atoms with Gasteiger partial charge < -0.3 is 10.1 Å². The fourth-order valence-corrected chi connectivity index (χ4v) is 1.78. The minimum atomic E-state index is -0.184. The van der Waals surface area contributed by atoms with Gasteiger partial charge in [0.1, 0.15) is 5.75 Å². The number of methoxy groups -OCH3 is 1. The second-order valence-corrected chi connectivity index (χ2v) is 4.28. The average Bonchev–Trinajstić information content (AvgIpc) is 2.31. The normalized spacial score (nSPS) is 12.3. The number of carbonyl (C=O) groups excluding carboxylic acids is 1.